The average molecular weight is 461 g/mol. The van der Waals surface area contributed by atoms with E-state index in [-0.39, 0.29) is 17.5 Å². The number of halogens is 2. The molecule has 0 spiro atoms. The number of hydrogen-bond acceptors (Lipinski definition) is 4. The van der Waals surface area contributed by atoms with Gasteiger partial charge in [0.15, 0.2) is 11.0 Å². The van der Waals surface area contributed by atoms with Gasteiger partial charge < -0.3 is 5.32 Å². The Morgan fingerprint density at radius 3 is 2.57 bits per heavy atom. The molecular weight excluding hydrogens is 443 g/mol. The Hall–Kier alpha value is -2.45. The number of hydrogen-bond donors (Lipinski definition) is 1. The number of benzene rings is 2. The number of allylic oxidation sites excluding steroid dienone is 1. The third-order valence-electron chi connectivity index (χ3n) is 3.87. The molecule has 3 aromatic rings. The van der Waals surface area contributed by atoms with Crippen LogP contribution in [0.3, 0.4) is 0 Å². The summed E-state index contributed by atoms with van der Waals surface area (Å²) in [6.07, 6.45) is 1.77. The third-order valence-corrected chi connectivity index (χ3v) is 5.36. The molecule has 1 amide bonds. The van der Waals surface area contributed by atoms with Gasteiger partial charge >= 0.3 is 0 Å². The first-order valence-corrected chi connectivity index (χ1v) is 10.3. The van der Waals surface area contributed by atoms with Crippen LogP contribution in [0.15, 0.2) is 70.8 Å². The van der Waals surface area contributed by atoms with E-state index in [1.54, 1.807) is 18.2 Å². The van der Waals surface area contributed by atoms with Crippen molar-refractivity contribution in [3.63, 3.8) is 0 Å². The number of nitrogens with one attached hydrogen (secondary N) is 1. The zero-order valence-corrected chi connectivity index (χ0v) is 17.3. The fraction of sp³-hybridized carbons (Fsp3) is 0.150. The molecule has 0 bridgehead atoms. The Bertz CT molecular complexity index is 957. The molecular formula is C20H18BrFN4OS. The molecule has 0 unspecified atom stereocenters. The predicted molar refractivity (Wildman–Crippen MR) is 112 cm³/mol. The predicted octanol–water partition coefficient (Wildman–Crippen LogP) is 4.44. The minimum absolute atomic E-state index is 0.132. The maximum Gasteiger partial charge on any atom is 0.230 e. The average Bonchev–Trinajstić information content (AvgIpc) is 3.09. The molecule has 144 valence electrons. The van der Waals surface area contributed by atoms with E-state index in [0.29, 0.717) is 18.2 Å². The van der Waals surface area contributed by atoms with Crippen molar-refractivity contribution in [2.45, 2.75) is 18.2 Å². The lowest BCUT2D eigenvalue weighted by molar-refractivity contribution is -0.118. The Labute approximate surface area is 175 Å². The summed E-state index contributed by atoms with van der Waals surface area (Å²) in [5.41, 5.74) is 1.78. The first-order valence-electron chi connectivity index (χ1n) is 8.51. The Morgan fingerprint density at radius 1 is 1.18 bits per heavy atom. The van der Waals surface area contributed by atoms with E-state index in [9.17, 15) is 9.18 Å². The van der Waals surface area contributed by atoms with Gasteiger partial charge in [-0.25, -0.2) is 4.39 Å². The van der Waals surface area contributed by atoms with E-state index >= 15 is 0 Å². The second-order valence-corrected chi connectivity index (χ2v) is 7.76. The van der Waals surface area contributed by atoms with Gasteiger partial charge in [0.2, 0.25) is 5.91 Å². The molecule has 0 aliphatic carbocycles. The highest BCUT2D eigenvalue weighted by atomic mass is 79.9. The molecule has 1 aromatic heterocycles. The highest BCUT2D eigenvalue weighted by Crippen LogP contribution is 2.25. The smallest absolute Gasteiger partial charge is 0.230 e. The lowest BCUT2D eigenvalue weighted by atomic mass is 10.2. The van der Waals surface area contributed by atoms with Gasteiger partial charge in [0, 0.05) is 23.1 Å². The van der Waals surface area contributed by atoms with Gasteiger partial charge in [-0.15, -0.1) is 16.8 Å². The van der Waals surface area contributed by atoms with Crippen LogP contribution in [0.1, 0.15) is 5.56 Å². The van der Waals surface area contributed by atoms with Crippen LogP contribution >= 0.6 is 27.7 Å². The highest BCUT2D eigenvalue weighted by molar-refractivity contribution is 9.10. The maximum absolute atomic E-state index is 12.9. The molecule has 5 nitrogen and oxygen atoms in total. The van der Waals surface area contributed by atoms with Crippen LogP contribution in [0.25, 0.3) is 11.4 Å². The van der Waals surface area contributed by atoms with Crippen LogP contribution in [0.5, 0.6) is 0 Å². The second-order valence-electron chi connectivity index (χ2n) is 5.90. The molecule has 0 atom stereocenters. The van der Waals surface area contributed by atoms with Crippen molar-refractivity contribution in [2.24, 2.45) is 0 Å². The first-order chi connectivity index (χ1) is 13.6. The molecule has 0 aliphatic rings. The van der Waals surface area contributed by atoms with Gasteiger partial charge in [-0.3, -0.25) is 9.36 Å². The summed E-state index contributed by atoms with van der Waals surface area (Å²) in [5, 5.41) is 12.0. The molecule has 8 heteroatoms. The van der Waals surface area contributed by atoms with Gasteiger partial charge in [-0.1, -0.05) is 58.0 Å². The number of carbonyl (C=O) groups is 1. The van der Waals surface area contributed by atoms with Crippen molar-refractivity contribution in [1.29, 1.82) is 0 Å². The van der Waals surface area contributed by atoms with Gasteiger partial charge in [-0.05, 0) is 29.8 Å². The Kier molecular flexibility index (Phi) is 7.00. The van der Waals surface area contributed by atoms with Gasteiger partial charge in [0.25, 0.3) is 0 Å². The van der Waals surface area contributed by atoms with Crippen molar-refractivity contribution in [1.82, 2.24) is 20.1 Å². The molecule has 28 heavy (non-hydrogen) atoms. The van der Waals surface area contributed by atoms with E-state index in [0.717, 1.165) is 21.4 Å². The standard InChI is InChI=1S/C20H18BrFN4OS/c1-2-11-26-19(15-5-7-16(21)8-6-15)24-25-20(26)28-13-18(27)23-12-14-3-9-17(22)10-4-14/h2-10H,1,11-13H2,(H,23,27). The summed E-state index contributed by atoms with van der Waals surface area (Å²) in [5.74, 6) is 0.500. The van der Waals surface area contributed by atoms with Crippen LogP contribution in [-0.4, -0.2) is 26.4 Å². The van der Waals surface area contributed by atoms with Crippen LogP contribution < -0.4 is 5.32 Å². The van der Waals surface area contributed by atoms with Gasteiger partial charge in [-0.2, -0.15) is 0 Å². The summed E-state index contributed by atoms with van der Waals surface area (Å²) in [4.78, 5) is 12.2. The molecule has 0 saturated carbocycles. The van der Waals surface area contributed by atoms with E-state index in [1.165, 1.54) is 23.9 Å². The lowest BCUT2D eigenvalue weighted by Gasteiger charge is -2.08. The molecule has 0 fully saturated rings. The zero-order chi connectivity index (χ0) is 19.9. The number of rotatable bonds is 8. The van der Waals surface area contributed by atoms with Crippen molar-refractivity contribution in [3.05, 3.63) is 77.0 Å². The molecule has 0 aliphatic heterocycles. The summed E-state index contributed by atoms with van der Waals surface area (Å²) >= 11 is 4.73. The molecule has 0 radical (unpaired) electrons. The van der Waals surface area contributed by atoms with Crippen molar-refractivity contribution in [3.8, 4) is 11.4 Å². The van der Waals surface area contributed by atoms with Crippen molar-refractivity contribution < 1.29 is 9.18 Å². The van der Waals surface area contributed by atoms with Crippen LogP contribution in [0.4, 0.5) is 4.39 Å². The summed E-state index contributed by atoms with van der Waals surface area (Å²) in [6, 6.07) is 13.8. The number of carbonyl (C=O) groups excluding carboxylic acids is 1. The van der Waals surface area contributed by atoms with E-state index in [2.05, 4.69) is 38.0 Å². The molecule has 1 heterocycles. The number of thioether (sulfide) groups is 1. The summed E-state index contributed by atoms with van der Waals surface area (Å²) < 4.78 is 15.8. The number of aromatic nitrogens is 3. The normalized spacial score (nSPS) is 10.6. The number of nitrogens with zero attached hydrogens (tertiary/aromatic N) is 3. The monoisotopic (exact) mass is 460 g/mol. The van der Waals surface area contributed by atoms with Crippen LogP contribution in [0.2, 0.25) is 0 Å². The van der Waals surface area contributed by atoms with Crippen LogP contribution in [-0.2, 0) is 17.9 Å². The fourth-order valence-electron chi connectivity index (χ4n) is 2.49. The summed E-state index contributed by atoms with van der Waals surface area (Å²) in [7, 11) is 0. The third kappa shape index (κ3) is 5.30. The fourth-order valence-corrected chi connectivity index (χ4v) is 3.53. The Morgan fingerprint density at radius 2 is 1.89 bits per heavy atom. The summed E-state index contributed by atoms with van der Waals surface area (Å²) in [6.45, 7) is 4.68. The minimum Gasteiger partial charge on any atom is -0.351 e. The largest absolute Gasteiger partial charge is 0.351 e. The lowest BCUT2D eigenvalue weighted by Crippen LogP contribution is -2.24. The van der Waals surface area contributed by atoms with Crippen LogP contribution in [0, 0.1) is 5.82 Å². The number of amides is 1. The van der Waals surface area contributed by atoms with E-state index in [4.69, 9.17) is 0 Å². The minimum atomic E-state index is -0.297. The quantitative estimate of drug-likeness (QED) is 0.398. The molecule has 3 rings (SSSR count). The molecule has 1 N–H and O–H groups in total. The maximum atomic E-state index is 12.9. The van der Waals surface area contributed by atoms with Gasteiger partial charge in [0.1, 0.15) is 5.82 Å². The van der Waals surface area contributed by atoms with E-state index in [1.807, 2.05) is 28.8 Å². The zero-order valence-electron chi connectivity index (χ0n) is 14.9. The highest BCUT2D eigenvalue weighted by Gasteiger charge is 2.15. The van der Waals surface area contributed by atoms with Crippen molar-refractivity contribution in [2.75, 3.05) is 5.75 Å². The van der Waals surface area contributed by atoms with E-state index < -0.39 is 0 Å². The van der Waals surface area contributed by atoms with Gasteiger partial charge in [0.05, 0.1) is 5.75 Å². The second kappa shape index (κ2) is 9.66. The Balaban J connectivity index is 1.63. The molecule has 2 aromatic carbocycles. The first kappa shape index (κ1) is 20.3. The SMILES string of the molecule is C=CCn1c(SCC(=O)NCc2ccc(F)cc2)nnc1-c1ccc(Br)cc1. The van der Waals surface area contributed by atoms with Crippen molar-refractivity contribution >= 4 is 33.6 Å². The topological polar surface area (TPSA) is 59.8 Å². The molecule has 0 saturated heterocycles.